The van der Waals surface area contributed by atoms with Crippen molar-refractivity contribution in [2.24, 2.45) is 5.92 Å². The molecule has 7 heteroatoms. The van der Waals surface area contributed by atoms with Gasteiger partial charge in [-0.2, -0.15) is 0 Å². The van der Waals surface area contributed by atoms with E-state index in [9.17, 15) is 4.79 Å². The van der Waals surface area contributed by atoms with E-state index in [1.807, 2.05) is 23.6 Å². The monoisotopic (exact) mass is 333 g/mol. The maximum absolute atomic E-state index is 11.9. The number of aromatic nitrogens is 1. The molecule has 6 nitrogen and oxygen atoms in total. The van der Waals surface area contributed by atoms with Crippen molar-refractivity contribution in [3.8, 4) is 5.75 Å². The zero-order chi connectivity index (χ0) is 15.9. The molecule has 1 aromatic heterocycles. The molecule has 0 spiro atoms. The Morgan fingerprint density at radius 1 is 1.48 bits per heavy atom. The topological polar surface area (TPSA) is 72.5 Å². The van der Waals surface area contributed by atoms with Crippen LogP contribution in [0.3, 0.4) is 0 Å². The molecule has 1 aliphatic rings. The summed E-state index contributed by atoms with van der Waals surface area (Å²) in [6, 6.07) is 7.11. The van der Waals surface area contributed by atoms with Crippen molar-refractivity contribution >= 4 is 23.1 Å². The molecule has 1 atom stereocenters. The molecule has 1 fully saturated rings. The number of nitrogens with zero attached hydrogens (tertiary/aromatic N) is 1. The molecule has 1 unspecified atom stereocenters. The van der Waals surface area contributed by atoms with E-state index in [1.54, 1.807) is 11.6 Å². The summed E-state index contributed by atoms with van der Waals surface area (Å²) in [7, 11) is 0. The van der Waals surface area contributed by atoms with Crippen molar-refractivity contribution in [3.63, 3.8) is 0 Å². The number of urea groups is 1. The number of ether oxygens (including phenoxy) is 2. The third kappa shape index (κ3) is 4.94. The Morgan fingerprint density at radius 3 is 3.22 bits per heavy atom. The third-order valence-corrected chi connectivity index (χ3v) is 4.17. The van der Waals surface area contributed by atoms with Crippen LogP contribution in [0.1, 0.15) is 12.1 Å². The number of carbonyl (C=O) groups excluding carboxylic acids is 1. The van der Waals surface area contributed by atoms with Crippen molar-refractivity contribution in [1.29, 1.82) is 0 Å². The molecular formula is C16H19N3O3S. The number of benzene rings is 1. The maximum Gasteiger partial charge on any atom is 0.319 e. The van der Waals surface area contributed by atoms with Gasteiger partial charge >= 0.3 is 6.03 Å². The Balaban J connectivity index is 1.47. The Hall–Kier alpha value is -2.12. The van der Waals surface area contributed by atoms with Crippen LogP contribution < -0.4 is 15.4 Å². The second-order valence-corrected chi connectivity index (χ2v) is 6.08. The van der Waals surface area contributed by atoms with E-state index in [-0.39, 0.29) is 6.03 Å². The van der Waals surface area contributed by atoms with Gasteiger partial charge < -0.3 is 20.1 Å². The standard InChI is InChI=1S/C16H19N3O3S/c20-16(17-7-12-4-5-21-8-12)19-13-2-1-3-15(6-13)22-9-14-10-23-11-18-14/h1-3,6,10-12H,4-5,7-9H2,(H2,17,19,20). The zero-order valence-corrected chi connectivity index (χ0v) is 13.5. The van der Waals surface area contributed by atoms with Gasteiger partial charge in [-0.25, -0.2) is 9.78 Å². The van der Waals surface area contributed by atoms with Gasteiger partial charge in [-0.3, -0.25) is 0 Å². The highest BCUT2D eigenvalue weighted by Crippen LogP contribution is 2.18. The van der Waals surface area contributed by atoms with Gasteiger partial charge in [0, 0.05) is 36.2 Å². The number of carbonyl (C=O) groups is 1. The molecule has 0 bridgehead atoms. The average molecular weight is 333 g/mol. The first-order valence-electron chi connectivity index (χ1n) is 7.52. The predicted octanol–water partition coefficient (Wildman–Crippen LogP) is 2.88. The van der Waals surface area contributed by atoms with Gasteiger partial charge in [-0.05, 0) is 18.6 Å². The van der Waals surface area contributed by atoms with Gasteiger partial charge in [0.25, 0.3) is 0 Å². The van der Waals surface area contributed by atoms with Crippen LogP contribution in [0.5, 0.6) is 5.75 Å². The van der Waals surface area contributed by atoms with Crippen molar-refractivity contribution in [2.45, 2.75) is 13.0 Å². The van der Waals surface area contributed by atoms with Crippen LogP contribution >= 0.6 is 11.3 Å². The SMILES string of the molecule is O=C(NCC1CCOC1)Nc1cccc(OCc2cscn2)c1. The normalized spacial score (nSPS) is 17.0. The van der Waals surface area contributed by atoms with Crippen molar-refractivity contribution in [3.05, 3.63) is 40.8 Å². The minimum atomic E-state index is -0.214. The van der Waals surface area contributed by atoms with E-state index < -0.39 is 0 Å². The number of amides is 2. The smallest absolute Gasteiger partial charge is 0.319 e. The van der Waals surface area contributed by atoms with E-state index in [4.69, 9.17) is 9.47 Å². The summed E-state index contributed by atoms with van der Waals surface area (Å²) >= 11 is 1.54. The lowest BCUT2D eigenvalue weighted by Gasteiger charge is -2.11. The second-order valence-electron chi connectivity index (χ2n) is 5.36. The molecule has 122 valence electrons. The van der Waals surface area contributed by atoms with E-state index >= 15 is 0 Å². The fourth-order valence-corrected chi connectivity index (χ4v) is 2.83. The van der Waals surface area contributed by atoms with Crippen LogP contribution in [0.4, 0.5) is 10.5 Å². The minimum Gasteiger partial charge on any atom is -0.487 e. The van der Waals surface area contributed by atoms with Gasteiger partial charge in [0.15, 0.2) is 0 Å². The van der Waals surface area contributed by atoms with Crippen LogP contribution in [0.2, 0.25) is 0 Å². The number of hydrogen-bond donors (Lipinski definition) is 2. The molecule has 2 aromatic rings. The Morgan fingerprint density at radius 2 is 2.43 bits per heavy atom. The van der Waals surface area contributed by atoms with Crippen LogP contribution in [0, 0.1) is 5.92 Å². The molecule has 23 heavy (non-hydrogen) atoms. The number of nitrogens with one attached hydrogen (secondary N) is 2. The van der Waals surface area contributed by atoms with E-state index in [0.29, 0.717) is 30.5 Å². The fraction of sp³-hybridized carbons (Fsp3) is 0.375. The van der Waals surface area contributed by atoms with Gasteiger partial charge in [-0.1, -0.05) is 6.07 Å². The number of rotatable bonds is 6. The van der Waals surface area contributed by atoms with Crippen LogP contribution in [0.15, 0.2) is 35.2 Å². The lowest BCUT2D eigenvalue weighted by Crippen LogP contribution is -2.33. The molecule has 0 saturated carbocycles. The maximum atomic E-state index is 11.9. The lowest BCUT2D eigenvalue weighted by atomic mass is 10.1. The van der Waals surface area contributed by atoms with E-state index in [2.05, 4.69) is 15.6 Å². The van der Waals surface area contributed by atoms with Gasteiger partial charge in [0.1, 0.15) is 12.4 Å². The summed E-state index contributed by atoms with van der Waals surface area (Å²) < 4.78 is 11.0. The number of thiazole rings is 1. The molecule has 2 amide bonds. The summed E-state index contributed by atoms with van der Waals surface area (Å²) in [6.07, 6.45) is 1.00. The Labute approximate surface area is 138 Å². The molecular weight excluding hydrogens is 314 g/mol. The summed E-state index contributed by atoms with van der Waals surface area (Å²) in [4.78, 5) is 16.1. The predicted molar refractivity (Wildman–Crippen MR) is 88.8 cm³/mol. The summed E-state index contributed by atoms with van der Waals surface area (Å²) in [5.74, 6) is 1.11. The first kappa shape index (κ1) is 15.8. The van der Waals surface area contributed by atoms with Crippen LogP contribution in [-0.2, 0) is 11.3 Å². The molecule has 0 aliphatic carbocycles. The Bertz CT molecular complexity index is 627. The molecule has 0 radical (unpaired) electrons. The molecule has 2 N–H and O–H groups in total. The first-order chi connectivity index (χ1) is 11.3. The van der Waals surface area contributed by atoms with Crippen LogP contribution in [0.25, 0.3) is 0 Å². The fourth-order valence-electron chi connectivity index (χ4n) is 2.29. The van der Waals surface area contributed by atoms with Crippen molar-refractivity contribution in [1.82, 2.24) is 10.3 Å². The summed E-state index contributed by atoms with van der Waals surface area (Å²) in [5, 5.41) is 7.63. The third-order valence-electron chi connectivity index (χ3n) is 3.54. The van der Waals surface area contributed by atoms with Gasteiger partial charge in [0.05, 0.1) is 17.8 Å². The molecule has 1 aliphatic heterocycles. The van der Waals surface area contributed by atoms with Crippen molar-refractivity contribution < 1.29 is 14.3 Å². The van der Waals surface area contributed by atoms with E-state index in [0.717, 1.165) is 25.3 Å². The quantitative estimate of drug-likeness (QED) is 0.852. The lowest BCUT2D eigenvalue weighted by molar-refractivity contribution is 0.185. The van der Waals surface area contributed by atoms with E-state index in [1.165, 1.54) is 11.3 Å². The first-order valence-corrected chi connectivity index (χ1v) is 8.46. The van der Waals surface area contributed by atoms with Gasteiger partial charge in [-0.15, -0.1) is 11.3 Å². The minimum absolute atomic E-state index is 0.214. The second kappa shape index (κ2) is 7.94. The zero-order valence-electron chi connectivity index (χ0n) is 12.7. The summed E-state index contributed by atoms with van der Waals surface area (Å²) in [6.45, 7) is 2.55. The number of hydrogen-bond acceptors (Lipinski definition) is 5. The average Bonchev–Trinajstić information content (AvgIpc) is 3.25. The molecule has 2 heterocycles. The number of anilines is 1. The van der Waals surface area contributed by atoms with Crippen LogP contribution in [-0.4, -0.2) is 30.8 Å². The van der Waals surface area contributed by atoms with Crippen molar-refractivity contribution in [2.75, 3.05) is 25.1 Å². The summed E-state index contributed by atoms with van der Waals surface area (Å²) in [5.41, 5.74) is 3.36. The highest BCUT2D eigenvalue weighted by atomic mass is 32.1. The largest absolute Gasteiger partial charge is 0.487 e. The molecule has 1 saturated heterocycles. The molecule has 3 rings (SSSR count). The molecule has 1 aromatic carbocycles. The van der Waals surface area contributed by atoms with Gasteiger partial charge in [0.2, 0.25) is 0 Å². The highest BCUT2D eigenvalue weighted by Gasteiger charge is 2.16. The Kier molecular flexibility index (Phi) is 5.44. The highest BCUT2D eigenvalue weighted by molar-refractivity contribution is 7.07.